The summed E-state index contributed by atoms with van der Waals surface area (Å²) in [7, 11) is 0. The molecule has 11 aromatic rings. The van der Waals surface area contributed by atoms with Gasteiger partial charge in [-0.1, -0.05) is 140 Å². The van der Waals surface area contributed by atoms with Gasteiger partial charge < -0.3 is 8.98 Å². The Morgan fingerprint density at radius 1 is 0.569 bits per heavy atom. The van der Waals surface area contributed by atoms with Crippen LogP contribution in [0.4, 0.5) is 0 Å². The van der Waals surface area contributed by atoms with Gasteiger partial charge in [-0.05, 0) is 66.1 Å². The molecule has 0 radical (unpaired) electrons. The van der Waals surface area contributed by atoms with Crippen LogP contribution in [0.5, 0.6) is 0 Å². The van der Waals surface area contributed by atoms with E-state index in [1.165, 1.54) is 25.7 Å². The number of allylic oxidation sites excluding steroid dienone is 2. The summed E-state index contributed by atoms with van der Waals surface area (Å²) in [5.41, 5.74) is 11.3. The molecule has 274 valence electrons. The lowest BCUT2D eigenvalue weighted by Crippen LogP contribution is -2.00. The van der Waals surface area contributed by atoms with Gasteiger partial charge in [0, 0.05) is 58.7 Å². The topological polar surface area (TPSA) is 56.7 Å². The monoisotopic (exact) mass is 762 g/mol. The van der Waals surface area contributed by atoms with E-state index in [0.717, 1.165) is 72.0 Å². The molecule has 0 aliphatic rings. The normalized spacial score (nSPS) is 11.9. The Hall–Kier alpha value is -7.41. The number of fused-ring (bicyclic) bond motifs is 7. The molecule has 0 saturated heterocycles. The molecular formula is C52H34N4OS. The second kappa shape index (κ2) is 13.7. The second-order valence-corrected chi connectivity index (χ2v) is 15.5. The third-order valence-electron chi connectivity index (χ3n) is 11.1. The van der Waals surface area contributed by atoms with Crippen molar-refractivity contribution < 1.29 is 4.42 Å². The van der Waals surface area contributed by atoms with E-state index < -0.39 is 0 Å². The maximum atomic E-state index is 6.78. The van der Waals surface area contributed by atoms with Crippen LogP contribution in [0, 0.1) is 6.92 Å². The van der Waals surface area contributed by atoms with Crippen molar-refractivity contribution in [3.05, 3.63) is 188 Å². The average molecular weight is 763 g/mol. The lowest BCUT2D eigenvalue weighted by Gasteiger charge is -2.11. The third-order valence-corrected chi connectivity index (χ3v) is 12.2. The minimum Gasteiger partial charge on any atom is -0.454 e. The highest BCUT2D eigenvalue weighted by Crippen LogP contribution is 2.45. The summed E-state index contributed by atoms with van der Waals surface area (Å²) < 4.78 is 11.5. The van der Waals surface area contributed by atoms with Crippen LogP contribution in [0.3, 0.4) is 0 Å². The van der Waals surface area contributed by atoms with Crippen LogP contribution in [0.1, 0.15) is 11.3 Å². The molecule has 0 fully saturated rings. The Bertz CT molecular complexity index is 3370. The number of furan rings is 1. The Labute approximate surface area is 338 Å². The Balaban J connectivity index is 1.12. The zero-order valence-electron chi connectivity index (χ0n) is 31.6. The maximum absolute atomic E-state index is 6.78. The van der Waals surface area contributed by atoms with Gasteiger partial charge in [-0.15, -0.1) is 11.3 Å². The van der Waals surface area contributed by atoms with Crippen LogP contribution < -0.4 is 0 Å². The number of para-hydroxylation sites is 2. The summed E-state index contributed by atoms with van der Waals surface area (Å²) in [5, 5.41) is 5.67. The average Bonchev–Trinajstić information content (AvgIpc) is 3.95. The van der Waals surface area contributed by atoms with Gasteiger partial charge in [0.05, 0.1) is 11.2 Å². The maximum Gasteiger partial charge on any atom is 0.164 e. The second-order valence-electron chi connectivity index (χ2n) is 14.4. The molecular weight excluding hydrogens is 729 g/mol. The van der Waals surface area contributed by atoms with E-state index in [0.29, 0.717) is 17.5 Å². The first-order valence-electron chi connectivity index (χ1n) is 19.3. The van der Waals surface area contributed by atoms with Crippen LogP contribution in [0.2, 0.25) is 0 Å². The fourth-order valence-electron chi connectivity index (χ4n) is 8.39. The van der Waals surface area contributed by atoms with Gasteiger partial charge in [-0.25, -0.2) is 15.0 Å². The highest BCUT2D eigenvalue weighted by Gasteiger charge is 2.21. The van der Waals surface area contributed by atoms with Crippen molar-refractivity contribution in [1.29, 1.82) is 0 Å². The number of benzene rings is 7. The van der Waals surface area contributed by atoms with E-state index in [4.69, 9.17) is 19.4 Å². The molecule has 0 aliphatic carbocycles. The lowest BCUT2D eigenvalue weighted by atomic mass is 9.96. The van der Waals surface area contributed by atoms with Crippen LogP contribution in [0.25, 0.3) is 110 Å². The van der Waals surface area contributed by atoms with Gasteiger partial charge in [0.25, 0.3) is 0 Å². The van der Waals surface area contributed by atoms with Crippen LogP contribution in [-0.4, -0.2) is 19.5 Å². The predicted molar refractivity (Wildman–Crippen MR) is 243 cm³/mol. The molecule has 11 rings (SSSR count). The SMILES string of the molecule is C=C/C=C\c1c(C)c2ccccc2n1-c1cccc2c1oc1ccc(-c3cccc4sc5cccc(-c6nc(-c7ccccc7)nc(-c7ccccc7)n6)c5c34)cc12. The van der Waals surface area contributed by atoms with Gasteiger partial charge in [0.15, 0.2) is 23.1 Å². The Morgan fingerprint density at radius 3 is 1.91 bits per heavy atom. The predicted octanol–water partition coefficient (Wildman–Crippen LogP) is 14.3. The van der Waals surface area contributed by atoms with Crippen molar-refractivity contribution in [3.8, 4) is 51.0 Å². The molecule has 0 N–H and O–H groups in total. The number of aromatic nitrogens is 4. The van der Waals surface area contributed by atoms with Gasteiger partial charge in [0.2, 0.25) is 0 Å². The van der Waals surface area contributed by atoms with Crippen molar-refractivity contribution in [2.45, 2.75) is 6.92 Å². The van der Waals surface area contributed by atoms with Crippen LogP contribution in [0.15, 0.2) is 181 Å². The molecule has 0 bridgehead atoms. The van der Waals surface area contributed by atoms with Crippen molar-refractivity contribution in [3.63, 3.8) is 0 Å². The number of hydrogen-bond donors (Lipinski definition) is 0. The van der Waals surface area contributed by atoms with Crippen molar-refractivity contribution in [1.82, 2.24) is 19.5 Å². The first kappa shape index (κ1) is 33.9. The van der Waals surface area contributed by atoms with Crippen molar-refractivity contribution in [2.24, 2.45) is 0 Å². The van der Waals surface area contributed by atoms with Crippen LogP contribution in [-0.2, 0) is 0 Å². The van der Waals surface area contributed by atoms with E-state index in [1.54, 1.807) is 11.3 Å². The fourth-order valence-corrected chi connectivity index (χ4v) is 9.55. The smallest absolute Gasteiger partial charge is 0.164 e. The molecule has 6 heteroatoms. The molecule has 4 aromatic heterocycles. The van der Waals surface area contributed by atoms with Gasteiger partial charge in [-0.3, -0.25) is 0 Å². The number of rotatable bonds is 7. The van der Waals surface area contributed by atoms with E-state index in [1.807, 2.05) is 72.8 Å². The third kappa shape index (κ3) is 5.41. The van der Waals surface area contributed by atoms with E-state index in [2.05, 4.69) is 121 Å². The van der Waals surface area contributed by atoms with E-state index >= 15 is 0 Å². The molecule has 58 heavy (non-hydrogen) atoms. The largest absolute Gasteiger partial charge is 0.454 e. The molecule has 0 atom stereocenters. The summed E-state index contributed by atoms with van der Waals surface area (Å²) in [4.78, 5) is 15.2. The van der Waals surface area contributed by atoms with Gasteiger partial charge in [-0.2, -0.15) is 0 Å². The highest BCUT2D eigenvalue weighted by atomic mass is 32.1. The highest BCUT2D eigenvalue weighted by molar-refractivity contribution is 7.26. The first-order chi connectivity index (χ1) is 28.6. The fraction of sp³-hybridized carbons (Fsp3) is 0.0192. The zero-order chi connectivity index (χ0) is 38.7. The molecule has 0 unspecified atom stereocenters. The summed E-state index contributed by atoms with van der Waals surface area (Å²) in [6, 6.07) is 54.9. The number of thiophene rings is 1. The Morgan fingerprint density at radius 2 is 1.19 bits per heavy atom. The minimum absolute atomic E-state index is 0.643. The zero-order valence-corrected chi connectivity index (χ0v) is 32.4. The van der Waals surface area contributed by atoms with Crippen LogP contribution >= 0.6 is 11.3 Å². The van der Waals surface area contributed by atoms with Gasteiger partial charge >= 0.3 is 0 Å². The summed E-state index contributed by atoms with van der Waals surface area (Å²) in [6.07, 6.45) is 5.94. The summed E-state index contributed by atoms with van der Waals surface area (Å²) in [6.45, 7) is 6.11. The minimum atomic E-state index is 0.643. The van der Waals surface area contributed by atoms with Gasteiger partial charge in [0.1, 0.15) is 5.58 Å². The summed E-state index contributed by atoms with van der Waals surface area (Å²) in [5.74, 6) is 1.93. The molecule has 5 nitrogen and oxygen atoms in total. The van der Waals surface area contributed by atoms with E-state index in [9.17, 15) is 0 Å². The molecule has 4 heterocycles. The van der Waals surface area contributed by atoms with E-state index in [-0.39, 0.29) is 0 Å². The van der Waals surface area contributed by atoms with Crippen molar-refractivity contribution >= 4 is 70.4 Å². The molecule has 0 spiro atoms. The number of hydrogen-bond acceptors (Lipinski definition) is 5. The molecule has 0 amide bonds. The number of nitrogens with zero attached hydrogens (tertiary/aromatic N) is 4. The van der Waals surface area contributed by atoms with Crippen molar-refractivity contribution in [2.75, 3.05) is 0 Å². The molecule has 7 aromatic carbocycles. The standard InChI is InChI=1S/C52H34N4OS/c1-3-4-24-41-32(2)36-20-11-12-25-42(36)56(41)43-26-13-22-38-40-31-35(29-30-44(40)57-49(38)43)37-21-14-27-45-47(37)48-39(23-15-28-46(48)58-45)52-54-50(33-16-7-5-8-17-33)53-51(55-52)34-18-9-6-10-19-34/h3-31H,1H2,2H3/b24-4-. The summed E-state index contributed by atoms with van der Waals surface area (Å²) >= 11 is 1.79. The lowest BCUT2D eigenvalue weighted by molar-refractivity contribution is 0.666. The Kier molecular flexibility index (Phi) is 7.98. The molecule has 0 aliphatic heterocycles. The number of aryl methyl sites for hydroxylation is 1. The quantitative estimate of drug-likeness (QED) is 0.152. The molecule has 0 saturated carbocycles. The first-order valence-corrected chi connectivity index (χ1v) is 20.1.